The third-order valence-electron chi connectivity index (χ3n) is 6.99. The minimum atomic E-state index is -0.672. The van der Waals surface area contributed by atoms with Gasteiger partial charge in [0.1, 0.15) is 12.6 Å². The predicted molar refractivity (Wildman–Crippen MR) is 140 cm³/mol. The van der Waals surface area contributed by atoms with E-state index in [0.717, 1.165) is 27.7 Å². The van der Waals surface area contributed by atoms with E-state index in [1.54, 1.807) is 17.0 Å². The van der Waals surface area contributed by atoms with Crippen LogP contribution in [0.5, 0.6) is 11.5 Å². The van der Waals surface area contributed by atoms with E-state index in [9.17, 15) is 14.7 Å². The number of H-pyrrole nitrogens is 1. The van der Waals surface area contributed by atoms with Crippen molar-refractivity contribution in [2.45, 2.75) is 25.4 Å². The molecule has 2 aliphatic rings. The number of nitrogens with one attached hydrogen (secondary N) is 1. The second-order valence-corrected chi connectivity index (χ2v) is 9.20. The number of nitrogens with zero attached hydrogens (tertiary/aromatic N) is 3. The number of benzene rings is 3. The van der Waals surface area contributed by atoms with Crippen molar-refractivity contribution in [1.29, 1.82) is 0 Å². The number of hydrogen-bond donors (Lipinski definition) is 2. The standard InChI is InChI=1S/C29H26N4O4/c1-2-37-25-14-18(12-13-24(25)34)16-30-32-17-26(35)33-23(29(32)36)15-21-20-10-6-7-11-22(20)31-27(21)28(33)19-8-4-3-5-9-19/h3-14,16,23,28,31,34H,2,15,17H2,1H3/t23-,28?/m0/s1. The Bertz CT molecular complexity index is 1530. The number of rotatable bonds is 5. The fraction of sp³-hybridized carbons (Fsp3) is 0.207. The molecule has 0 spiro atoms. The van der Waals surface area contributed by atoms with Crippen molar-refractivity contribution in [1.82, 2.24) is 14.9 Å². The van der Waals surface area contributed by atoms with Gasteiger partial charge in [-0.05, 0) is 47.9 Å². The number of phenols is 1. The first-order chi connectivity index (χ1) is 18.0. The number of aromatic hydroxyl groups is 1. The van der Waals surface area contributed by atoms with Gasteiger partial charge >= 0.3 is 0 Å². The van der Waals surface area contributed by atoms with Crippen molar-refractivity contribution >= 4 is 28.9 Å². The van der Waals surface area contributed by atoms with E-state index in [0.29, 0.717) is 24.3 Å². The van der Waals surface area contributed by atoms with E-state index in [2.05, 4.69) is 10.1 Å². The largest absolute Gasteiger partial charge is 0.504 e. The molecule has 3 heterocycles. The number of ether oxygens (including phenoxy) is 1. The fourth-order valence-corrected chi connectivity index (χ4v) is 5.35. The minimum absolute atomic E-state index is 0.0301. The molecule has 1 saturated heterocycles. The van der Waals surface area contributed by atoms with Gasteiger partial charge in [0, 0.05) is 23.0 Å². The van der Waals surface area contributed by atoms with Gasteiger partial charge in [-0.1, -0.05) is 48.5 Å². The van der Waals surface area contributed by atoms with Gasteiger partial charge < -0.3 is 19.7 Å². The third kappa shape index (κ3) is 3.91. The summed E-state index contributed by atoms with van der Waals surface area (Å²) >= 11 is 0. The summed E-state index contributed by atoms with van der Waals surface area (Å²) in [5.74, 6) is -0.0248. The molecule has 2 amide bonds. The molecule has 8 heteroatoms. The maximum atomic E-state index is 13.7. The van der Waals surface area contributed by atoms with Crippen LogP contribution < -0.4 is 4.74 Å². The van der Waals surface area contributed by atoms with Crippen LogP contribution in [0, 0.1) is 0 Å². The number of carbonyl (C=O) groups is 2. The molecule has 2 N–H and O–H groups in total. The van der Waals surface area contributed by atoms with Crippen LogP contribution in [0.3, 0.4) is 0 Å². The molecule has 1 aromatic heterocycles. The molecule has 0 saturated carbocycles. The van der Waals surface area contributed by atoms with Crippen molar-refractivity contribution in [3.05, 3.63) is 95.2 Å². The molecule has 6 rings (SSSR count). The maximum absolute atomic E-state index is 13.7. The monoisotopic (exact) mass is 494 g/mol. The van der Waals surface area contributed by atoms with E-state index in [1.165, 1.54) is 17.3 Å². The summed E-state index contributed by atoms with van der Waals surface area (Å²) in [6, 6.07) is 21.6. The normalized spacial score (nSPS) is 19.4. The van der Waals surface area contributed by atoms with Gasteiger partial charge in [-0.3, -0.25) is 9.59 Å². The first kappa shape index (κ1) is 22.8. The molecule has 3 aromatic carbocycles. The van der Waals surface area contributed by atoms with Crippen molar-refractivity contribution in [2.24, 2.45) is 5.10 Å². The Kier molecular flexibility index (Phi) is 5.64. The lowest BCUT2D eigenvalue weighted by Crippen LogP contribution is -2.61. The van der Waals surface area contributed by atoms with Gasteiger partial charge in [0.2, 0.25) is 5.91 Å². The van der Waals surface area contributed by atoms with Crippen molar-refractivity contribution in [3.63, 3.8) is 0 Å². The zero-order valence-corrected chi connectivity index (χ0v) is 20.3. The van der Waals surface area contributed by atoms with Gasteiger partial charge in [-0.2, -0.15) is 5.10 Å². The Labute approximate surface area is 213 Å². The molecule has 186 valence electrons. The van der Waals surface area contributed by atoms with Gasteiger partial charge in [0.25, 0.3) is 5.91 Å². The van der Waals surface area contributed by atoms with Crippen molar-refractivity contribution in [3.8, 4) is 11.5 Å². The summed E-state index contributed by atoms with van der Waals surface area (Å²) < 4.78 is 5.44. The molecular weight excluding hydrogens is 468 g/mol. The first-order valence-corrected chi connectivity index (χ1v) is 12.3. The van der Waals surface area contributed by atoms with E-state index in [-0.39, 0.29) is 24.1 Å². The molecular formula is C29H26N4O4. The number of aromatic nitrogens is 1. The van der Waals surface area contributed by atoms with Crippen molar-refractivity contribution < 1.29 is 19.4 Å². The number of para-hydroxylation sites is 1. The van der Waals surface area contributed by atoms with Crippen LogP contribution in [0.15, 0.2) is 77.9 Å². The Morgan fingerprint density at radius 2 is 1.86 bits per heavy atom. The number of fused-ring (bicyclic) bond motifs is 4. The summed E-state index contributed by atoms with van der Waals surface area (Å²) in [6.45, 7) is 2.08. The maximum Gasteiger partial charge on any atom is 0.266 e. The van der Waals surface area contributed by atoms with E-state index in [1.807, 2.05) is 61.5 Å². The van der Waals surface area contributed by atoms with Crippen molar-refractivity contribution in [2.75, 3.05) is 13.2 Å². The Morgan fingerprint density at radius 1 is 1.08 bits per heavy atom. The predicted octanol–water partition coefficient (Wildman–Crippen LogP) is 3.99. The molecule has 2 aliphatic heterocycles. The first-order valence-electron chi connectivity index (χ1n) is 12.3. The van der Waals surface area contributed by atoms with Crippen LogP contribution in [-0.4, -0.2) is 57.2 Å². The smallest absolute Gasteiger partial charge is 0.266 e. The lowest BCUT2D eigenvalue weighted by Gasteiger charge is -2.45. The summed E-state index contributed by atoms with van der Waals surface area (Å²) in [6.07, 6.45) is 1.92. The summed E-state index contributed by atoms with van der Waals surface area (Å²) in [7, 11) is 0. The van der Waals surface area contributed by atoms with Crippen LogP contribution >= 0.6 is 0 Å². The summed E-state index contributed by atoms with van der Waals surface area (Å²) in [5, 5.41) is 16.6. The van der Waals surface area contributed by atoms with E-state index in [4.69, 9.17) is 4.74 Å². The SMILES string of the molecule is CCOc1cc(C=NN2CC(=O)N3C(c4ccccc4)c4[nH]c5ccccc5c4C[C@H]3C2=O)ccc1O. The highest BCUT2D eigenvalue weighted by Gasteiger charge is 2.48. The zero-order chi connectivity index (χ0) is 25.5. The highest BCUT2D eigenvalue weighted by atomic mass is 16.5. The van der Waals surface area contributed by atoms with Crippen LogP contribution in [0.4, 0.5) is 0 Å². The van der Waals surface area contributed by atoms with E-state index < -0.39 is 12.1 Å². The van der Waals surface area contributed by atoms with Crippen LogP contribution in [0.25, 0.3) is 10.9 Å². The summed E-state index contributed by atoms with van der Waals surface area (Å²) in [4.78, 5) is 32.6. The number of amides is 2. The number of aromatic amines is 1. The van der Waals surface area contributed by atoms with Crippen LogP contribution in [-0.2, 0) is 16.0 Å². The van der Waals surface area contributed by atoms with Gasteiger partial charge in [0.05, 0.1) is 18.9 Å². The molecule has 0 bridgehead atoms. The molecule has 4 aromatic rings. The zero-order valence-electron chi connectivity index (χ0n) is 20.3. The molecule has 37 heavy (non-hydrogen) atoms. The highest BCUT2D eigenvalue weighted by Crippen LogP contribution is 2.42. The number of phenolic OH excluding ortho intramolecular Hbond substituents is 1. The molecule has 2 atom stereocenters. The number of carbonyl (C=O) groups excluding carboxylic acids is 2. The Morgan fingerprint density at radius 3 is 2.68 bits per heavy atom. The number of piperazine rings is 1. The minimum Gasteiger partial charge on any atom is -0.504 e. The Hall–Kier alpha value is -4.59. The second kappa shape index (κ2) is 9.13. The molecule has 8 nitrogen and oxygen atoms in total. The van der Waals surface area contributed by atoms with Gasteiger partial charge in [-0.25, -0.2) is 5.01 Å². The van der Waals surface area contributed by atoms with E-state index >= 15 is 0 Å². The number of hydrogen-bond acceptors (Lipinski definition) is 5. The quantitative estimate of drug-likeness (QED) is 0.410. The number of hydrazone groups is 1. The van der Waals surface area contributed by atoms with Crippen LogP contribution in [0.1, 0.15) is 35.3 Å². The average molecular weight is 495 g/mol. The highest BCUT2D eigenvalue weighted by molar-refractivity contribution is 5.98. The topological polar surface area (TPSA) is 98.2 Å². The van der Waals surface area contributed by atoms with Gasteiger partial charge in [0.15, 0.2) is 11.5 Å². The lowest BCUT2D eigenvalue weighted by atomic mass is 9.86. The molecule has 0 aliphatic carbocycles. The Balaban J connectivity index is 1.37. The second-order valence-electron chi connectivity index (χ2n) is 9.20. The molecule has 0 radical (unpaired) electrons. The third-order valence-corrected chi connectivity index (χ3v) is 6.99. The average Bonchev–Trinajstić information content (AvgIpc) is 3.29. The van der Waals surface area contributed by atoms with Crippen LogP contribution in [0.2, 0.25) is 0 Å². The molecule has 1 unspecified atom stereocenters. The fourth-order valence-electron chi connectivity index (χ4n) is 5.35. The summed E-state index contributed by atoms with van der Waals surface area (Å²) in [5.41, 5.74) is 4.59. The molecule has 1 fully saturated rings. The van der Waals surface area contributed by atoms with Gasteiger partial charge in [-0.15, -0.1) is 0 Å². The lowest BCUT2D eigenvalue weighted by molar-refractivity contribution is -0.158.